The van der Waals surface area contributed by atoms with Crippen molar-refractivity contribution in [3.8, 4) is 0 Å². The van der Waals surface area contributed by atoms with Gasteiger partial charge in [0, 0.05) is 96.9 Å². The van der Waals surface area contributed by atoms with Gasteiger partial charge in [-0.3, -0.25) is 48.3 Å². The Balaban J connectivity index is 0.652. The molecule has 0 saturated heterocycles. The van der Waals surface area contributed by atoms with Crippen LogP contribution in [0.2, 0.25) is 0 Å². The van der Waals surface area contributed by atoms with Crippen LogP contribution in [0.3, 0.4) is 0 Å². The normalized spacial score (nSPS) is 16.1. The zero-order chi connectivity index (χ0) is 66.3. The van der Waals surface area contributed by atoms with Crippen LogP contribution in [-0.2, 0) is 4.74 Å². The number of rotatable bonds is 20. The Hall–Kier alpha value is -8.61. The molecule has 1 N–H and O–H groups in total. The fraction of sp³-hybridized carbons (Fsp3) is 0.395. The number of imide groups is 3. The third kappa shape index (κ3) is 9.33. The Morgan fingerprint density at radius 1 is 0.366 bits per heavy atom. The summed E-state index contributed by atoms with van der Waals surface area (Å²) in [5.74, 6) is -2.17. The van der Waals surface area contributed by atoms with E-state index < -0.39 is 22.0 Å². The molecule has 4 aliphatic rings. The predicted molar refractivity (Wildman–Crippen MR) is 373 cm³/mol. The van der Waals surface area contributed by atoms with Gasteiger partial charge in [-0.25, -0.2) is 0 Å². The summed E-state index contributed by atoms with van der Waals surface area (Å²) in [6.07, 6.45) is 6.75. The molecule has 3 aliphatic heterocycles. The molecule has 0 unspecified atom stereocenters. The highest BCUT2D eigenvalue weighted by Gasteiger charge is 2.45. The topological polar surface area (TPSA) is 159 Å². The van der Waals surface area contributed by atoms with E-state index >= 15 is 0 Å². The molecule has 0 spiro atoms. The Morgan fingerprint density at radius 2 is 0.710 bits per heavy atom. The average Bonchev–Trinajstić information content (AvgIpc) is 0.697. The highest BCUT2D eigenvalue weighted by Crippen LogP contribution is 2.52. The molecule has 10 aromatic rings. The maximum absolute atomic E-state index is 14.7. The number of hydrogen-bond acceptors (Lipinski definition) is 9. The number of aliphatic hydroxyl groups excluding tert-OH is 1. The molecule has 1 aliphatic carbocycles. The van der Waals surface area contributed by atoms with Crippen molar-refractivity contribution in [2.75, 3.05) is 19.7 Å². The summed E-state index contributed by atoms with van der Waals surface area (Å²) in [5, 5.41) is 24.8. The smallest absolute Gasteiger partial charge is 0.261 e. The highest BCUT2D eigenvalue weighted by atomic mass is 16.5. The highest BCUT2D eigenvalue weighted by molar-refractivity contribution is 6.43. The van der Waals surface area contributed by atoms with Gasteiger partial charge in [0.2, 0.25) is 0 Å². The summed E-state index contributed by atoms with van der Waals surface area (Å²) < 4.78 is 6.56. The first kappa shape index (κ1) is 61.9. The van der Waals surface area contributed by atoms with E-state index in [1.165, 1.54) is 14.7 Å². The van der Waals surface area contributed by atoms with Gasteiger partial charge in [-0.1, -0.05) is 131 Å². The first-order valence-electron chi connectivity index (χ1n) is 33.5. The number of allylic oxidation sites excluding steroid dienone is 1. The van der Waals surface area contributed by atoms with Gasteiger partial charge in [0.1, 0.15) is 5.76 Å². The van der Waals surface area contributed by atoms with E-state index in [4.69, 9.17) is 4.74 Å². The van der Waals surface area contributed by atoms with E-state index in [9.17, 15) is 38.7 Å². The summed E-state index contributed by atoms with van der Waals surface area (Å²) in [6, 6.07) is 30.4. The molecule has 476 valence electrons. The van der Waals surface area contributed by atoms with Crippen molar-refractivity contribution >= 4 is 133 Å². The van der Waals surface area contributed by atoms with Crippen molar-refractivity contribution in [1.29, 1.82) is 0 Å². The van der Waals surface area contributed by atoms with Crippen LogP contribution in [0.5, 0.6) is 0 Å². The molecule has 10 aromatic carbocycles. The first-order valence-corrected chi connectivity index (χ1v) is 33.5. The number of benzene rings is 10. The first-order chi connectivity index (χ1) is 43.8. The van der Waals surface area contributed by atoms with Crippen molar-refractivity contribution in [1.82, 2.24) is 14.7 Å². The minimum absolute atomic E-state index is 0.0328. The number of fused-ring (bicyclic) bond motifs is 4. The maximum Gasteiger partial charge on any atom is 0.261 e. The van der Waals surface area contributed by atoms with E-state index in [1.54, 1.807) is 0 Å². The molecule has 12 heteroatoms. The van der Waals surface area contributed by atoms with Gasteiger partial charge < -0.3 is 9.84 Å². The molecule has 6 amide bonds. The van der Waals surface area contributed by atoms with Gasteiger partial charge >= 0.3 is 0 Å². The SMILES string of the molecule is CCC(C)(C)CCC(C)(C)C1=C(O)c2ccc3c4ccc5c6c(ccc(c7ccc(c2c73)C1=O)c64)C(=O)N(CCCC(C)(C)OCCC(C)(C)CN1C(=O)c2ccc3c4ccc6c7c(ccc(c8ccc(c2c38)C1=O)c74)C(=O)N(C(C)(C)CCC(C)(C)CC)C6=O)C5=O. The lowest BCUT2D eigenvalue weighted by molar-refractivity contribution is -0.0378. The number of nitrogens with zero attached hydrogens (tertiary/aromatic N) is 3. The van der Waals surface area contributed by atoms with Crippen LogP contribution >= 0.6 is 0 Å². The molecule has 3 heterocycles. The van der Waals surface area contributed by atoms with E-state index in [-0.39, 0.29) is 70.9 Å². The molecule has 0 aromatic heterocycles. The second-order valence-electron chi connectivity index (χ2n) is 31.6. The Morgan fingerprint density at radius 3 is 1.11 bits per heavy atom. The number of ketones is 1. The van der Waals surface area contributed by atoms with E-state index in [0.717, 1.165) is 102 Å². The number of carbonyl (C=O) groups is 7. The van der Waals surface area contributed by atoms with Crippen molar-refractivity contribution in [2.24, 2.45) is 21.7 Å². The predicted octanol–water partition coefficient (Wildman–Crippen LogP) is 19.0. The molecule has 0 radical (unpaired) electrons. The number of Topliss-reactive ketones (excluding diaryl/α,β-unsaturated/α-hetero) is 1. The summed E-state index contributed by atoms with van der Waals surface area (Å²) in [7, 11) is 0. The monoisotopic (exact) mass is 1240 g/mol. The lowest BCUT2D eigenvalue weighted by atomic mass is 9.69. The van der Waals surface area contributed by atoms with E-state index in [2.05, 4.69) is 55.4 Å². The molecule has 0 saturated carbocycles. The lowest BCUT2D eigenvalue weighted by Crippen LogP contribution is -2.53. The fourth-order valence-corrected chi connectivity index (χ4v) is 16.0. The summed E-state index contributed by atoms with van der Waals surface area (Å²) in [6.45, 7) is 30.0. The van der Waals surface area contributed by atoms with Gasteiger partial charge in [0.05, 0.1) is 5.60 Å². The Labute approximate surface area is 542 Å². The number of hydrogen-bond donors (Lipinski definition) is 1. The van der Waals surface area contributed by atoms with Crippen molar-refractivity contribution in [2.45, 2.75) is 166 Å². The van der Waals surface area contributed by atoms with Crippen LogP contribution in [0, 0.1) is 21.7 Å². The average molecular weight is 1240 g/mol. The lowest BCUT2D eigenvalue weighted by Gasteiger charge is -2.41. The number of ether oxygens (including phenoxy) is 1. The molecule has 14 rings (SSSR count). The number of carbonyl (C=O) groups excluding carboxylic acids is 7. The van der Waals surface area contributed by atoms with E-state index in [1.807, 2.05) is 139 Å². The molecular formula is C81H83N3O9. The third-order valence-electron chi connectivity index (χ3n) is 22.6. The molecule has 0 atom stereocenters. The van der Waals surface area contributed by atoms with Gasteiger partial charge in [-0.2, -0.15) is 0 Å². The standard InChI is InChI=1S/C81H83N3O9/c1-15-76(3,4)35-37-79(9,10)67-68(85)51-26-18-43-45-20-28-53-64-54(29-21-46(60(45)64)44-19-27-52(69(67)86)63(51)59(43)44)71(88)82(70(53)87)40-17-34-81(13,14)93-41-39-78(7,8)42-83-72(89)55-30-22-47-49-24-32-57-66-58(75(92)84(74(57)91)80(11,12)38-36-77(5,6)16-2)33-25-50(62(49)66)48-23-31-56(73(83)90)65(55)61(47)48/h18-33,85H,15-17,34-42H2,1-14H3. The van der Waals surface area contributed by atoms with Crippen LogP contribution < -0.4 is 0 Å². The van der Waals surface area contributed by atoms with Gasteiger partial charge in [0.15, 0.2) is 5.78 Å². The molecule has 93 heavy (non-hydrogen) atoms. The van der Waals surface area contributed by atoms with E-state index in [0.29, 0.717) is 98.5 Å². The van der Waals surface area contributed by atoms with Crippen molar-refractivity contribution < 1.29 is 43.4 Å². The van der Waals surface area contributed by atoms with Crippen LogP contribution in [0.4, 0.5) is 0 Å². The molecular weight excluding hydrogens is 1160 g/mol. The van der Waals surface area contributed by atoms with Gasteiger partial charge in [0.25, 0.3) is 35.4 Å². The van der Waals surface area contributed by atoms with Crippen LogP contribution in [0.15, 0.2) is 103 Å². The molecule has 0 bridgehead atoms. The summed E-state index contributed by atoms with van der Waals surface area (Å²) in [4.78, 5) is 106. The molecule has 12 nitrogen and oxygen atoms in total. The zero-order valence-electron chi connectivity index (χ0n) is 56.3. The Bertz CT molecular complexity index is 4860. The largest absolute Gasteiger partial charge is 0.507 e. The van der Waals surface area contributed by atoms with Crippen LogP contribution in [-0.4, -0.2) is 91.9 Å². The second kappa shape index (κ2) is 20.9. The number of aliphatic hydroxyl groups is 1. The second-order valence-corrected chi connectivity index (χ2v) is 31.6. The van der Waals surface area contributed by atoms with Crippen LogP contribution in [0.25, 0.3) is 91.9 Å². The van der Waals surface area contributed by atoms with Crippen molar-refractivity contribution in [3.63, 3.8) is 0 Å². The summed E-state index contributed by atoms with van der Waals surface area (Å²) >= 11 is 0. The van der Waals surface area contributed by atoms with Crippen LogP contribution in [0.1, 0.15) is 233 Å². The number of amides is 6. The minimum Gasteiger partial charge on any atom is -0.507 e. The third-order valence-corrected chi connectivity index (χ3v) is 22.6. The zero-order valence-corrected chi connectivity index (χ0v) is 56.3. The van der Waals surface area contributed by atoms with Crippen molar-refractivity contribution in [3.05, 3.63) is 147 Å². The molecule has 0 fully saturated rings. The van der Waals surface area contributed by atoms with Gasteiger partial charge in [-0.05, 0) is 207 Å². The summed E-state index contributed by atoms with van der Waals surface area (Å²) in [5.41, 5.74) is 2.14. The fourth-order valence-electron chi connectivity index (χ4n) is 16.0. The quantitative estimate of drug-likeness (QED) is 0.0445. The maximum atomic E-state index is 14.7. The Kier molecular flexibility index (Phi) is 13.9. The minimum atomic E-state index is -0.715. The van der Waals surface area contributed by atoms with Gasteiger partial charge in [-0.15, -0.1) is 0 Å².